The topological polar surface area (TPSA) is 37.3 Å². The Bertz CT molecular complexity index is 408. The van der Waals surface area contributed by atoms with Gasteiger partial charge in [-0.3, -0.25) is 0 Å². The van der Waals surface area contributed by atoms with Gasteiger partial charge in [0.25, 0.3) is 0 Å². The smallest absolute Gasteiger partial charge is 1.00 e. The van der Waals surface area contributed by atoms with Gasteiger partial charge in [-0.2, -0.15) is 0 Å². The van der Waals surface area contributed by atoms with Crippen LogP contribution in [0.1, 0.15) is 11.8 Å². The summed E-state index contributed by atoms with van der Waals surface area (Å²) in [6, 6.07) is 8.30. The summed E-state index contributed by atoms with van der Waals surface area (Å²) >= 11 is 0. The van der Waals surface area contributed by atoms with Crippen molar-refractivity contribution in [1.82, 2.24) is 0 Å². The Hall–Kier alpha value is -0.319. The molecule has 1 aromatic carbocycles. The zero-order chi connectivity index (χ0) is 20.2. The molecule has 0 aromatic heterocycles. The Morgan fingerprint density at radius 3 is 1.00 bits per heavy atom. The molecule has 0 bridgehead atoms. The normalized spacial score (nSPS) is 10.4. The van der Waals surface area contributed by atoms with Crippen molar-refractivity contribution in [2.75, 3.05) is 0 Å². The summed E-state index contributed by atoms with van der Waals surface area (Å²) in [6.45, 7) is 0. The molecular weight excluding hydrogens is 416 g/mol. The molecule has 0 saturated carbocycles. The molecule has 0 unspecified atom stereocenters. The Labute approximate surface area is 177 Å². The molecule has 0 aliphatic heterocycles. The third-order valence-electron chi connectivity index (χ3n) is 1.02. The third kappa shape index (κ3) is 81.6. The van der Waals surface area contributed by atoms with Gasteiger partial charge in [-0.25, -0.2) is 4.79 Å². The molecule has 0 atom stereocenters. The van der Waals surface area contributed by atoms with E-state index in [4.69, 9.17) is 5.11 Å². The molecule has 1 N–H and O–H groups in total. The fourth-order valence-corrected chi connectivity index (χ4v) is 0.581. The van der Waals surface area contributed by atoms with Crippen molar-refractivity contribution in [1.29, 1.82) is 0 Å². The number of hydrogen-bond acceptors (Lipinski definition) is 1. The van der Waals surface area contributed by atoms with Gasteiger partial charge in [0.1, 0.15) is 0 Å². The predicted molar refractivity (Wildman–Crippen MR) is 65.1 cm³/mol. The monoisotopic (exact) mass is 423 g/mol. The van der Waals surface area contributed by atoms with Crippen LogP contribution in [0.2, 0.25) is 0 Å². The van der Waals surface area contributed by atoms with Crippen LogP contribution in [0.4, 0.5) is 51.8 Å². The van der Waals surface area contributed by atoms with Crippen LogP contribution >= 0.6 is 0 Å². The van der Waals surface area contributed by atoms with E-state index in [1.807, 2.05) is 0 Å². The van der Waals surface area contributed by atoms with E-state index in [1.54, 1.807) is 30.3 Å². The van der Waals surface area contributed by atoms with Gasteiger partial charge in [0, 0.05) is 0 Å². The van der Waals surface area contributed by atoms with E-state index in [0.29, 0.717) is 5.56 Å². The molecule has 0 fully saturated rings. The summed E-state index contributed by atoms with van der Waals surface area (Å²) in [5, 5.41) is 8.38. The van der Waals surface area contributed by atoms with Crippen molar-refractivity contribution in [3.63, 3.8) is 0 Å². The molecule has 0 heterocycles. The van der Waals surface area contributed by atoms with Crippen LogP contribution in [0, 0.1) is 0 Å². The molecule has 144 valence electrons. The predicted octanol–water partition coefficient (Wildman–Crippen LogP) is 2.40. The standard InChI is InChI=1S/C7H6O2.3BF4.K.H/c8-7(9)6-4-2-1-3-5-6;3*2-1(3,4)5;;/h1-5H,(H,8,9);;;;;/q;3*-1;+1;-1. The van der Waals surface area contributed by atoms with Crippen LogP contribution in [0.3, 0.4) is 0 Å². The van der Waals surface area contributed by atoms with E-state index in [-0.39, 0.29) is 52.8 Å². The summed E-state index contributed by atoms with van der Waals surface area (Å²) < 4.78 is 117. The second-order valence-electron chi connectivity index (χ2n) is 3.16. The van der Waals surface area contributed by atoms with Gasteiger partial charge in [-0.15, -0.1) is 0 Å². The van der Waals surface area contributed by atoms with Gasteiger partial charge in [-0.05, 0) is 12.1 Å². The summed E-state index contributed by atoms with van der Waals surface area (Å²) in [6.07, 6.45) is 0. The minimum absolute atomic E-state index is 0. The molecule has 0 aliphatic rings. The zero-order valence-corrected chi connectivity index (χ0v) is 15.1. The van der Waals surface area contributed by atoms with E-state index in [2.05, 4.69) is 0 Å². The second-order valence-corrected chi connectivity index (χ2v) is 3.16. The molecule has 0 spiro atoms. The first-order chi connectivity index (χ1) is 10.3. The Morgan fingerprint density at radius 2 is 0.880 bits per heavy atom. The number of rotatable bonds is 1. The molecule has 1 rings (SSSR count). The molecule has 25 heavy (non-hydrogen) atoms. The van der Waals surface area contributed by atoms with Crippen LogP contribution in [0.25, 0.3) is 0 Å². The number of carboxylic acids is 1. The molecule has 1 aromatic rings. The largest absolute Gasteiger partial charge is 1.00 e. The molecular formula is C7H7B3F12KO2-3. The van der Waals surface area contributed by atoms with Gasteiger partial charge in [-0.1, -0.05) is 18.2 Å². The maximum absolute atomic E-state index is 10.2. The Balaban J connectivity index is -0.0000000771. The summed E-state index contributed by atoms with van der Waals surface area (Å²) in [4.78, 5) is 10.2. The van der Waals surface area contributed by atoms with Crippen LogP contribution < -0.4 is 51.4 Å². The van der Waals surface area contributed by atoms with Gasteiger partial charge in [0.15, 0.2) is 0 Å². The average Bonchev–Trinajstić information content (AvgIpc) is 2.23. The van der Waals surface area contributed by atoms with Crippen LogP contribution in [0.15, 0.2) is 30.3 Å². The van der Waals surface area contributed by atoms with Crippen molar-refractivity contribution in [2.24, 2.45) is 0 Å². The van der Waals surface area contributed by atoms with Crippen molar-refractivity contribution in [3.8, 4) is 0 Å². The maximum atomic E-state index is 10.2. The first-order valence-electron chi connectivity index (χ1n) is 5.21. The molecule has 18 heteroatoms. The minimum atomic E-state index is -6.00. The third-order valence-corrected chi connectivity index (χ3v) is 1.02. The van der Waals surface area contributed by atoms with E-state index in [9.17, 15) is 56.6 Å². The van der Waals surface area contributed by atoms with E-state index in [0.717, 1.165) is 0 Å². The molecule has 0 saturated heterocycles. The number of aromatic carboxylic acids is 1. The molecule has 0 amide bonds. The summed E-state index contributed by atoms with van der Waals surface area (Å²) in [5.74, 6) is -0.879. The van der Waals surface area contributed by atoms with Gasteiger partial charge in [0.05, 0.1) is 5.56 Å². The van der Waals surface area contributed by atoms with Crippen molar-refractivity contribution >= 4 is 27.7 Å². The summed E-state index contributed by atoms with van der Waals surface area (Å²) in [7, 11) is -18.0. The van der Waals surface area contributed by atoms with Crippen molar-refractivity contribution in [3.05, 3.63) is 35.9 Å². The zero-order valence-electron chi connectivity index (χ0n) is 13.0. The Kier molecular flexibility index (Phi) is 19.2. The maximum Gasteiger partial charge on any atom is 1.00 e. The van der Waals surface area contributed by atoms with Gasteiger partial charge >= 0.3 is 79.1 Å². The van der Waals surface area contributed by atoms with E-state index >= 15 is 0 Å². The quantitative estimate of drug-likeness (QED) is 0.557. The van der Waals surface area contributed by atoms with E-state index in [1.165, 1.54) is 0 Å². The van der Waals surface area contributed by atoms with Gasteiger partial charge in [0.2, 0.25) is 0 Å². The fraction of sp³-hybridized carbons (Fsp3) is 0. The number of carboxylic acid groups (broad SMARTS) is 1. The van der Waals surface area contributed by atoms with Crippen molar-refractivity contribution in [2.45, 2.75) is 0 Å². The average molecular weight is 423 g/mol. The number of hydrogen-bond donors (Lipinski definition) is 1. The van der Waals surface area contributed by atoms with Crippen molar-refractivity contribution < 1.29 is 115 Å². The number of benzene rings is 1. The molecule has 2 nitrogen and oxygen atoms in total. The van der Waals surface area contributed by atoms with Crippen LogP contribution in [0.5, 0.6) is 0 Å². The minimum Gasteiger partial charge on any atom is -1.00 e. The van der Waals surface area contributed by atoms with E-state index < -0.39 is 27.7 Å². The number of halogens is 12. The number of carbonyl (C=O) groups is 1. The first-order valence-corrected chi connectivity index (χ1v) is 5.21. The molecule has 0 aliphatic carbocycles. The van der Waals surface area contributed by atoms with Crippen LogP contribution in [-0.4, -0.2) is 32.8 Å². The van der Waals surface area contributed by atoms with Crippen LogP contribution in [-0.2, 0) is 0 Å². The first kappa shape index (κ1) is 32.4. The van der Waals surface area contributed by atoms with Gasteiger partial charge < -0.3 is 58.3 Å². The Morgan fingerprint density at radius 1 is 0.680 bits per heavy atom. The fourth-order valence-electron chi connectivity index (χ4n) is 0.581. The second kappa shape index (κ2) is 14.8. The SMILES string of the molecule is F[B-](F)(F)F.F[B-](F)(F)F.F[B-](F)(F)F.O=C(O)c1ccccc1.[H-].[K+]. The molecule has 0 radical (unpaired) electrons. The summed E-state index contributed by atoms with van der Waals surface area (Å²) in [5.41, 5.74) is 0.331.